The summed E-state index contributed by atoms with van der Waals surface area (Å²) in [5, 5.41) is 8.70. The second-order valence-electron chi connectivity index (χ2n) is 5.39. The molecule has 0 bridgehead atoms. The van der Waals surface area contributed by atoms with E-state index in [1.54, 1.807) is 30.1 Å². The van der Waals surface area contributed by atoms with E-state index in [0.717, 1.165) is 23.6 Å². The molecule has 1 rings (SSSR count). The van der Waals surface area contributed by atoms with E-state index in [1.807, 2.05) is 6.92 Å². The van der Waals surface area contributed by atoms with Gasteiger partial charge in [-0.3, -0.25) is 4.79 Å². The molecule has 0 aliphatic heterocycles. The number of carboxylic acids is 1. The number of rotatable bonds is 6. The number of nitrogens with zero attached hydrogens (tertiary/aromatic N) is 1. The van der Waals surface area contributed by atoms with E-state index in [9.17, 15) is 9.59 Å². The van der Waals surface area contributed by atoms with E-state index in [2.05, 4.69) is 13.8 Å². The van der Waals surface area contributed by atoms with Gasteiger partial charge in [0.2, 0.25) is 0 Å². The first-order chi connectivity index (χ1) is 9.86. The minimum atomic E-state index is -1.000. The van der Waals surface area contributed by atoms with Crippen LogP contribution < -0.4 is 0 Å². The van der Waals surface area contributed by atoms with Crippen LogP contribution in [0.25, 0.3) is 6.08 Å². The molecule has 0 radical (unpaired) electrons. The van der Waals surface area contributed by atoms with E-state index < -0.39 is 5.97 Å². The summed E-state index contributed by atoms with van der Waals surface area (Å²) in [6.07, 6.45) is 3.63. The molecule has 0 saturated carbocycles. The van der Waals surface area contributed by atoms with Gasteiger partial charge in [0, 0.05) is 25.2 Å². The van der Waals surface area contributed by atoms with Gasteiger partial charge in [0.1, 0.15) is 0 Å². The lowest BCUT2D eigenvalue weighted by molar-refractivity contribution is -0.131. The third-order valence-corrected chi connectivity index (χ3v) is 3.64. The van der Waals surface area contributed by atoms with Crippen molar-refractivity contribution >= 4 is 18.0 Å². The molecule has 0 saturated heterocycles. The number of hydrogen-bond donors (Lipinski definition) is 1. The van der Waals surface area contributed by atoms with Gasteiger partial charge in [-0.05, 0) is 36.1 Å². The molecule has 1 unspecified atom stereocenters. The maximum Gasteiger partial charge on any atom is 0.328 e. The van der Waals surface area contributed by atoms with Gasteiger partial charge in [-0.2, -0.15) is 0 Å². The maximum absolute atomic E-state index is 12.5. The smallest absolute Gasteiger partial charge is 0.328 e. The molecular formula is C17H23NO3. The van der Waals surface area contributed by atoms with Crippen molar-refractivity contribution in [2.45, 2.75) is 27.2 Å². The third kappa shape index (κ3) is 4.74. The van der Waals surface area contributed by atoms with Crippen LogP contribution in [0, 0.1) is 12.8 Å². The van der Waals surface area contributed by atoms with Crippen molar-refractivity contribution in [3.05, 3.63) is 41.0 Å². The number of carbonyl (C=O) groups excluding carboxylic acids is 1. The van der Waals surface area contributed by atoms with E-state index in [1.165, 1.54) is 6.08 Å². The van der Waals surface area contributed by atoms with Crippen LogP contribution in [0.4, 0.5) is 0 Å². The van der Waals surface area contributed by atoms with Crippen molar-refractivity contribution in [2.24, 2.45) is 5.92 Å². The van der Waals surface area contributed by atoms with Gasteiger partial charge < -0.3 is 10.0 Å². The number of hydrogen-bond acceptors (Lipinski definition) is 2. The van der Waals surface area contributed by atoms with Gasteiger partial charge in [0.25, 0.3) is 5.91 Å². The van der Waals surface area contributed by atoms with Crippen molar-refractivity contribution in [3.8, 4) is 0 Å². The lowest BCUT2D eigenvalue weighted by atomic mass is 10.0. The molecule has 4 nitrogen and oxygen atoms in total. The van der Waals surface area contributed by atoms with Crippen molar-refractivity contribution in [1.29, 1.82) is 0 Å². The Morgan fingerprint density at radius 2 is 2.05 bits per heavy atom. The Kier molecular flexibility index (Phi) is 6.15. The highest BCUT2D eigenvalue weighted by molar-refractivity contribution is 5.96. The van der Waals surface area contributed by atoms with Gasteiger partial charge in [-0.15, -0.1) is 0 Å². The quantitative estimate of drug-likeness (QED) is 0.818. The number of benzene rings is 1. The normalized spacial score (nSPS) is 12.4. The van der Waals surface area contributed by atoms with E-state index >= 15 is 0 Å². The average Bonchev–Trinajstić information content (AvgIpc) is 2.45. The second-order valence-corrected chi connectivity index (χ2v) is 5.39. The summed E-state index contributed by atoms with van der Waals surface area (Å²) in [6.45, 7) is 6.77. The van der Waals surface area contributed by atoms with Crippen LogP contribution in [0.15, 0.2) is 24.3 Å². The van der Waals surface area contributed by atoms with Crippen molar-refractivity contribution in [1.82, 2.24) is 4.90 Å². The van der Waals surface area contributed by atoms with Gasteiger partial charge in [-0.1, -0.05) is 32.4 Å². The molecule has 1 aromatic carbocycles. The molecule has 1 amide bonds. The monoisotopic (exact) mass is 289 g/mol. The zero-order chi connectivity index (χ0) is 16.0. The molecule has 0 aromatic heterocycles. The molecule has 21 heavy (non-hydrogen) atoms. The summed E-state index contributed by atoms with van der Waals surface area (Å²) in [5.74, 6) is -0.576. The molecule has 0 fully saturated rings. The highest BCUT2D eigenvalue weighted by atomic mass is 16.4. The summed E-state index contributed by atoms with van der Waals surface area (Å²) < 4.78 is 0. The number of carboxylic acid groups (broad SMARTS) is 1. The predicted molar refractivity (Wildman–Crippen MR) is 84.3 cm³/mol. The summed E-state index contributed by atoms with van der Waals surface area (Å²) in [5.41, 5.74) is 2.17. The zero-order valence-electron chi connectivity index (χ0n) is 13.1. The van der Waals surface area contributed by atoms with Crippen LogP contribution in [-0.4, -0.2) is 35.5 Å². The van der Waals surface area contributed by atoms with E-state index in [-0.39, 0.29) is 5.91 Å². The van der Waals surface area contributed by atoms with Crippen LogP contribution in [0.2, 0.25) is 0 Å². The Hall–Kier alpha value is -2.10. The minimum Gasteiger partial charge on any atom is -0.478 e. The molecule has 0 heterocycles. The topological polar surface area (TPSA) is 57.6 Å². The largest absolute Gasteiger partial charge is 0.478 e. The number of aliphatic carboxylic acids is 1. The first-order valence-electron chi connectivity index (χ1n) is 7.12. The lowest BCUT2D eigenvalue weighted by Gasteiger charge is -2.22. The average molecular weight is 289 g/mol. The maximum atomic E-state index is 12.5. The van der Waals surface area contributed by atoms with E-state index in [0.29, 0.717) is 18.0 Å². The van der Waals surface area contributed by atoms with Gasteiger partial charge in [0.05, 0.1) is 0 Å². The Morgan fingerprint density at radius 3 is 2.62 bits per heavy atom. The second kappa shape index (κ2) is 7.62. The zero-order valence-corrected chi connectivity index (χ0v) is 13.1. The standard InChI is InChI=1S/C17H23NO3/c1-5-12(2)11-18(4)17(21)15-8-6-7-14(13(15)3)9-10-16(19)20/h6-10,12H,5,11H2,1-4H3,(H,19,20). The van der Waals surface area contributed by atoms with Crippen molar-refractivity contribution in [2.75, 3.05) is 13.6 Å². The van der Waals surface area contributed by atoms with Crippen molar-refractivity contribution < 1.29 is 14.7 Å². The number of carbonyl (C=O) groups is 2. The predicted octanol–water partition coefficient (Wildman–Crippen LogP) is 3.21. The third-order valence-electron chi connectivity index (χ3n) is 3.64. The molecular weight excluding hydrogens is 266 g/mol. The molecule has 0 spiro atoms. The summed E-state index contributed by atoms with van der Waals surface area (Å²) in [6, 6.07) is 5.36. The van der Waals surface area contributed by atoms with Crippen LogP contribution >= 0.6 is 0 Å². The first kappa shape index (κ1) is 17.0. The number of amides is 1. The Balaban J connectivity index is 3.00. The summed E-state index contributed by atoms with van der Waals surface area (Å²) >= 11 is 0. The van der Waals surface area contributed by atoms with Crippen LogP contribution in [-0.2, 0) is 4.79 Å². The summed E-state index contributed by atoms with van der Waals surface area (Å²) in [4.78, 5) is 24.8. The molecule has 4 heteroatoms. The Labute approximate surface area is 126 Å². The van der Waals surface area contributed by atoms with Gasteiger partial charge in [0.15, 0.2) is 0 Å². The Bertz CT molecular complexity index is 549. The van der Waals surface area contributed by atoms with Crippen LogP contribution in [0.3, 0.4) is 0 Å². The van der Waals surface area contributed by atoms with Crippen LogP contribution in [0.1, 0.15) is 41.8 Å². The summed E-state index contributed by atoms with van der Waals surface area (Å²) in [7, 11) is 1.80. The minimum absolute atomic E-state index is 0.0293. The molecule has 1 aromatic rings. The molecule has 0 aliphatic carbocycles. The highest BCUT2D eigenvalue weighted by Crippen LogP contribution is 2.17. The molecule has 0 aliphatic rings. The fourth-order valence-electron chi connectivity index (χ4n) is 2.11. The van der Waals surface area contributed by atoms with Gasteiger partial charge >= 0.3 is 5.97 Å². The first-order valence-corrected chi connectivity index (χ1v) is 7.12. The fourth-order valence-corrected chi connectivity index (χ4v) is 2.11. The molecule has 1 atom stereocenters. The fraction of sp³-hybridized carbons (Fsp3) is 0.412. The SMILES string of the molecule is CCC(C)CN(C)C(=O)c1cccc(C=CC(=O)O)c1C. The van der Waals surface area contributed by atoms with Gasteiger partial charge in [-0.25, -0.2) is 4.79 Å². The van der Waals surface area contributed by atoms with Crippen LogP contribution in [0.5, 0.6) is 0 Å². The molecule has 1 N–H and O–H groups in total. The Morgan fingerprint density at radius 1 is 1.38 bits per heavy atom. The highest BCUT2D eigenvalue weighted by Gasteiger charge is 2.16. The lowest BCUT2D eigenvalue weighted by Crippen LogP contribution is -2.31. The van der Waals surface area contributed by atoms with Crippen molar-refractivity contribution in [3.63, 3.8) is 0 Å². The van der Waals surface area contributed by atoms with E-state index in [4.69, 9.17) is 5.11 Å². The molecule has 114 valence electrons.